The molecular formula is C13H22O. The summed E-state index contributed by atoms with van der Waals surface area (Å²) in [5, 5.41) is 0. The quantitative estimate of drug-likeness (QED) is 0.614. The van der Waals surface area contributed by atoms with E-state index in [1.807, 2.05) is 0 Å². The Morgan fingerprint density at radius 2 is 1.71 bits per heavy atom. The van der Waals surface area contributed by atoms with Gasteiger partial charge in [-0.25, -0.2) is 0 Å². The zero-order valence-corrected chi connectivity index (χ0v) is 9.89. The largest absolute Gasteiger partial charge is 0.299 e. The molecule has 1 aliphatic carbocycles. The highest BCUT2D eigenvalue weighted by Gasteiger charge is 2.45. The van der Waals surface area contributed by atoms with E-state index in [0.29, 0.717) is 24.0 Å². The predicted octanol–water partition coefficient (Wildman–Crippen LogP) is 3.59. The minimum atomic E-state index is -0.0822. The molecule has 80 valence electrons. The first-order valence-electron chi connectivity index (χ1n) is 5.61. The Labute approximate surface area is 87.6 Å². The average molecular weight is 194 g/mol. The molecule has 0 radical (unpaired) electrons. The third-order valence-electron chi connectivity index (χ3n) is 3.88. The third-order valence-corrected chi connectivity index (χ3v) is 3.88. The van der Waals surface area contributed by atoms with E-state index in [-0.39, 0.29) is 5.41 Å². The van der Waals surface area contributed by atoms with Gasteiger partial charge in [0.05, 0.1) is 0 Å². The Morgan fingerprint density at radius 1 is 1.21 bits per heavy atom. The molecule has 0 atom stereocenters. The summed E-state index contributed by atoms with van der Waals surface area (Å²) in [7, 11) is 0. The standard InChI is InChI=1S/C13H22O/c1-9(2)13(10(3)4)7-6-11(5)8-12(13)14/h9-10H,5-8H2,1-4H3. The second-order valence-corrected chi connectivity index (χ2v) is 5.20. The van der Waals surface area contributed by atoms with E-state index in [9.17, 15) is 4.79 Å². The van der Waals surface area contributed by atoms with Crippen LogP contribution in [0.2, 0.25) is 0 Å². The van der Waals surface area contributed by atoms with Crippen LogP contribution in [0, 0.1) is 17.3 Å². The van der Waals surface area contributed by atoms with Crippen molar-refractivity contribution in [2.24, 2.45) is 17.3 Å². The van der Waals surface area contributed by atoms with Gasteiger partial charge in [0.15, 0.2) is 0 Å². The highest BCUT2D eigenvalue weighted by molar-refractivity contribution is 5.88. The number of rotatable bonds is 2. The number of allylic oxidation sites excluding steroid dienone is 1. The van der Waals surface area contributed by atoms with Crippen LogP contribution in [-0.2, 0) is 4.79 Å². The maximum absolute atomic E-state index is 12.1. The molecule has 0 aromatic carbocycles. The second-order valence-electron chi connectivity index (χ2n) is 5.20. The van der Waals surface area contributed by atoms with Gasteiger partial charge < -0.3 is 0 Å². The van der Waals surface area contributed by atoms with E-state index in [1.165, 1.54) is 0 Å². The van der Waals surface area contributed by atoms with Crippen molar-refractivity contribution in [3.8, 4) is 0 Å². The molecule has 0 N–H and O–H groups in total. The Balaban J connectivity index is 2.99. The fourth-order valence-electron chi connectivity index (χ4n) is 2.89. The summed E-state index contributed by atoms with van der Waals surface area (Å²) in [4.78, 5) is 12.1. The van der Waals surface area contributed by atoms with Crippen LogP contribution in [-0.4, -0.2) is 5.78 Å². The first-order valence-corrected chi connectivity index (χ1v) is 5.61. The van der Waals surface area contributed by atoms with Gasteiger partial charge >= 0.3 is 0 Å². The van der Waals surface area contributed by atoms with E-state index in [2.05, 4.69) is 34.3 Å². The summed E-state index contributed by atoms with van der Waals surface area (Å²) < 4.78 is 0. The lowest BCUT2D eigenvalue weighted by molar-refractivity contribution is -0.136. The summed E-state index contributed by atoms with van der Waals surface area (Å²) in [6.45, 7) is 12.6. The molecule has 0 heterocycles. The summed E-state index contributed by atoms with van der Waals surface area (Å²) in [5.41, 5.74) is 1.04. The maximum Gasteiger partial charge on any atom is 0.143 e. The highest BCUT2D eigenvalue weighted by atomic mass is 16.1. The maximum atomic E-state index is 12.1. The van der Waals surface area contributed by atoms with E-state index in [1.54, 1.807) is 0 Å². The minimum Gasteiger partial charge on any atom is -0.299 e. The first-order chi connectivity index (χ1) is 6.41. The SMILES string of the molecule is C=C1CCC(C(C)C)(C(C)C)C(=O)C1. The number of ketones is 1. The lowest BCUT2D eigenvalue weighted by atomic mass is 9.59. The van der Waals surface area contributed by atoms with Gasteiger partial charge in [0.2, 0.25) is 0 Å². The molecule has 0 aromatic heterocycles. The summed E-state index contributed by atoms with van der Waals surface area (Å²) in [6, 6.07) is 0. The number of carbonyl (C=O) groups is 1. The van der Waals surface area contributed by atoms with Gasteiger partial charge in [-0.3, -0.25) is 4.79 Å². The summed E-state index contributed by atoms with van der Waals surface area (Å²) in [6.07, 6.45) is 2.64. The normalized spacial score (nSPS) is 22.1. The van der Waals surface area contributed by atoms with Gasteiger partial charge in [-0.05, 0) is 24.7 Å². The molecule has 1 fully saturated rings. The lowest BCUT2D eigenvalue weighted by Crippen LogP contribution is -2.43. The Hall–Kier alpha value is -0.590. The number of hydrogen-bond acceptors (Lipinski definition) is 1. The van der Waals surface area contributed by atoms with Crippen molar-refractivity contribution in [1.82, 2.24) is 0 Å². The van der Waals surface area contributed by atoms with Gasteiger partial charge in [0, 0.05) is 11.8 Å². The monoisotopic (exact) mass is 194 g/mol. The van der Waals surface area contributed by atoms with Crippen LogP contribution >= 0.6 is 0 Å². The molecule has 14 heavy (non-hydrogen) atoms. The minimum absolute atomic E-state index is 0.0822. The van der Waals surface area contributed by atoms with Gasteiger partial charge in [-0.1, -0.05) is 39.8 Å². The van der Waals surface area contributed by atoms with Gasteiger partial charge in [0.25, 0.3) is 0 Å². The number of carbonyl (C=O) groups excluding carboxylic acids is 1. The molecule has 0 amide bonds. The lowest BCUT2D eigenvalue weighted by Gasteiger charge is -2.43. The topological polar surface area (TPSA) is 17.1 Å². The van der Waals surface area contributed by atoms with Crippen molar-refractivity contribution in [2.45, 2.75) is 47.0 Å². The van der Waals surface area contributed by atoms with Crippen LogP contribution in [0.15, 0.2) is 12.2 Å². The fourth-order valence-corrected chi connectivity index (χ4v) is 2.89. The van der Waals surface area contributed by atoms with Crippen molar-refractivity contribution >= 4 is 5.78 Å². The van der Waals surface area contributed by atoms with E-state index in [0.717, 1.165) is 18.4 Å². The molecule has 1 heteroatoms. The molecule has 1 rings (SSSR count). The van der Waals surface area contributed by atoms with Gasteiger partial charge in [-0.2, -0.15) is 0 Å². The molecule has 0 aromatic rings. The zero-order valence-electron chi connectivity index (χ0n) is 9.89. The summed E-state index contributed by atoms with van der Waals surface area (Å²) in [5.74, 6) is 1.31. The Kier molecular flexibility index (Phi) is 3.18. The molecule has 0 unspecified atom stereocenters. The Morgan fingerprint density at radius 3 is 2.07 bits per heavy atom. The molecule has 0 bridgehead atoms. The predicted molar refractivity (Wildman–Crippen MR) is 60.1 cm³/mol. The average Bonchev–Trinajstić information content (AvgIpc) is 2.02. The number of Topliss-reactive ketones (excluding diaryl/α,β-unsaturated/α-hetero) is 1. The second kappa shape index (κ2) is 3.88. The van der Waals surface area contributed by atoms with Crippen LogP contribution in [0.25, 0.3) is 0 Å². The third kappa shape index (κ3) is 1.65. The summed E-state index contributed by atoms with van der Waals surface area (Å²) >= 11 is 0. The molecule has 0 saturated heterocycles. The van der Waals surface area contributed by atoms with Crippen LogP contribution in [0.5, 0.6) is 0 Å². The van der Waals surface area contributed by atoms with Crippen molar-refractivity contribution in [3.63, 3.8) is 0 Å². The van der Waals surface area contributed by atoms with Crippen molar-refractivity contribution in [2.75, 3.05) is 0 Å². The van der Waals surface area contributed by atoms with Gasteiger partial charge in [0.1, 0.15) is 5.78 Å². The van der Waals surface area contributed by atoms with Crippen LogP contribution in [0.1, 0.15) is 47.0 Å². The molecule has 0 spiro atoms. The first kappa shape index (κ1) is 11.5. The highest BCUT2D eigenvalue weighted by Crippen LogP contribution is 2.46. The van der Waals surface area contributed by atoms with Crippen molar-refractivity contribution in [3.05, 3.63) is 12.2 Å². The molecular weight excluding hydrogens is 172 g/mol. The molecule has 1 saturated carbocycles. The smallest absolute Gasteiger partial charge is 0.143 e. The van der Waals surface area contributed by atoms with Crippen molar-refractivity contribution in [1.29, 1.82) is 0 Å². The number of hydrogen-bond donors (Lipinski definition) is 0. The fraction of sp³-hybridized carbons (Fsp3) is 0.769. The van der Waals surface area contributed by atoms with E-state index in [4.69, 9.17) is 0 Å². The Bertz CT molecular complexity index is 240. The van der Waals surface area contributed by atoms with Crippen LogP contribution in [0.4, 0.5) is 0 Å². The van der Waals surface area contributed by atoms with Crippen LogP contribution in [0.3, 0.4) is 0 Å². The van der Waals surface area contributed by atoms with Crippen molar-refractivity contribution < 1.29 is 4.79 Å². The van der Waals surface area contributed by atoms with E-state index >= 15 is 0 Å². The van der Waals surface area contributed by atoms with Crippen LogP contribution < -0.4 is 0 Å². The zero-order chi connectivity index (χ0) is 10.9. The van der Waals surface area contributed by atoms with E-state index < -0.39 is 0 Å². The van der Waals surface area contributed by atoms with Gasteiger partial charge in [-0.15, -0.1) is 0 Å². The molecule has 1 nitrogen and oxygen atoms in total. The molecule has 0 aliphatic heterocycles. The molecule has 1 aliphatic rings.